The highest BCUT2D eigenvalue weighted by atomic mass is 16.5. The van der Waals surface area contributed by atoms with Gasteiger partial charge in [-0.15, -0.1) is 0 Å². The fraction of sp³-hybridized carbons (Fsp3) is 0.385. The lowest BCUT2D eigenvalue weighted by molar-refractivity contribution is -0.120. The molecule has 4 nitrogen and oxygen atoms in total. The molecule has 1 rings (SSSR count). The van der Waals surface area contributed by atoms with E-state index in [4.69, 9.17) is 4.74 Å². The number of hydrogen-bond acceptors (Lipinski definition) is 3. The fourth-order valence-corrected chi connectivity index (χ4v) is 1.31. The maximum Gasteiger partial charge on any atom is 0.220 e. The molecular weight excluding hydrogens is 218 g/mol. The molecule has 17 heavy (non-hydrogen) atoms. The molecule has 0 saturated carbocycles. The Labute approximate surface area is 101 Å². The van der Waals surface area contributed by atoms with E-state index in [9.17, 15) is 9.59 Å². The Hall–Kier alpha value is -1.84. The van der Waals surface area contributed by atoms with Gasteiger partial charge in [-0.1, -0.05) is 6.92 Å². The van der Waals surface area contributed by atoms with E-state index in [1.54, 1.807) is 31.2 Å². The van der Waals surface area contributed by atoms with Crippen molar-refractivity contribution in [2.45, 2.75) is 20.3 Å². The summed E-state index contributed by atoms with van der Waals surface area (Å²) in [6.45, 7) is 4.29. The zero-order valence-electron chi connectivity index (χ0n) is 10.2. The van der Waals surface area contributed by atoms with Gasteiger partial charge in [0, 0.05) is 12.0 Å². The van der Waals surface area contributed by atoms with Crippen LogP contribution >= 0.6 is 0 Å². The van der Waals surface area contributed by atoms with Crippen LogP contribution in [0, 0.1) is 0 Å². The van der Waals surface area contributed by atoms with E-state index in [-0.39, 0.29) is 18.2 Å². The first-order chi connectivity index (χ1) is 8.17. The minimum atomic E-state index is -0.121. The third kappa shape index (κ3) is 4.26. The number of ketones is 1. The molecule has 0 fully saturated rings. The summed E-state index contributed by atoms with van der Waals surface area (Å²) in [5.41, 5.74) is 0.574. The van der Waals surface area contributed by atoms with Gasteiger partial charge in [0.2, 0.25) is 5.91 Å². The summed E-state index contributed by atoms with van der Waals surface area (Å²) in [5, 5.41) is 2.55. The largest absolute Gasteiger partial charge is 0.494 e. The van der Waals surface area contributed by atoms with Gasteiger partial charge in [0.15, 0.2) is 5.78 Å². The van der Waals surface area contributed by atoms with Gasteiger partial charge in [0.25, 0.3) is 0 Å². The van der Waals surface area contributed by atoms with Crippen LogP contribution in [0.2, 0.25) is 0 Å². The van der Waals surface area contributed by atoms with Crippen LogP contribution in [-0.4, -0.2) is 24.8 Å². The van der Waals surface area contributed by atoms with Gasteiger partial charge in [-0.3, -0.25) is 9.59 Å². The lowest BCUT2D eigenvalue weighted by atomic mass is 10.1. The standard InChI is InChI=1S/C13H17NO3/c1-3-13(16)14-9-12(15)10-5-7-11(8-6-10)17-4-2/h5-8H,3-4,9H2,1-2H3,(H,14,16). The number of carbonyl (C=O) groups is 2. The zero-order valence-corrected chi connectivity index (χ0v) is 10.2. The van der Waals surface area contributed by atoms with E-state index in [1.807, 2.05) is 6.92 Å². The quantitative estimate of drug-likeness (QED) is 0.765. The lowest BCUT2D eigenvalue weighted by Gasteiger charge is -2.05. The average Bonchev–Trinajstić information content (AvgIpc) is 2.36. The summed E-state index contributed by atoms with van der Waals surface area (Å²) in [6, 6.07) is 6.90. The number of amides is 1. The fourth-order valence-electron chi connectivity index (χ4n) is 1.31. The summed E-state index contributed by atoms with van der Waals surface area (Å²) < 4.78 is 5.28. The third-order valence-electron chi connectivity index (χ3n) is 2.25. The van der Waals surface area contributed by atoms with Crippen molar-refractivity contribution in [2.75, 3.05) is 13.2 Å². The molecule has 1 aromatic carbocycles. The van der Waals surface area contributed by atoms with Crippen molar-refractivity contribution in [2.24, 2.45) is 0 Å². The van der Waals surface area contributed by atoms with Crippen LogP contribution in [0.1, 0.15) is 30.6 Å². The lowest BCUT2D eigenvalue weighted by Crippen LogP contribution is -2.28. The van der Waals surface area contributed by atoms with Crippen molar-refractivity contribution >= 4 is 11.7 Å². The third-order valence-corrected chi connectivity index (χ3v) is 2.25. The maximum atomic E-state index is 11.7. The molecule has 0 aromatic heterocycles. The van der Waals surface area contributed by atoms with Crippen molar-refractivity contribution in [1.82, 2.24) is 5.32 Å². The summed E-state index contributed by atoms with van der Waals surface area (Å²) in [5.74, 6) is 0.515. The van der Waals surface area contributed by atoms with Gasteiger partial charge in [-0.05, 0) is 31.2 Å². The second-order valence-corrected chi connectivity index (χ2v) is 3.51. The molecule has 0 saturated heterocycles. The van der Waals surface area contributed by atoms with Crippen molar-refractivity contribution < 1.29 is 14.3 Å². The maximum absolute atomic E-state index is 11.7. The van der Waals surface area contributed by atoms with Crippen LogP contribution in [0.3, 0.4) is 0 Å². The Morgan fingerprint density at radius 1 is 1.18 bits per heavy atom. The van der Waals surface area contributed by atoms with Gasteiger partial charge in [-0.2, -0.15) is 0 Å². The van der Waals surface area contributed by atoms with Gasteiger partial charge in [-0.25, -0.2) is 0 Å². The molecule has 0 unspecified atom stereocenters. The highest BCUT2D eigenvalue weighted by Crippen LogP contribution is 2.12. The van der Waals surface area contributed by atoms with E-state index < -0.39 is 0 Å². The van der Waals surface area contributed by atoms with Crippen LogP contribution < -0.4 is 10.1 Å². The van der Waals surface area contributed by atoms with Crippen molar-refractivity contribution in [3.8, 4) is 5.75 Å². The highest BCUT2D eigenvalue weighted by Gasteiger charge is 2.07. The average molecular weight is 235 g/mol. The van der Waals surface area contributed by atoms with E-state index >= 15 is 0 Å². The predicted molar refractivity (Wildman–Crippen MR) is 65.2 cm³/mol. The Bertz CT molecular complexity index is 384. The molecule has 0 heterocycles. The molecule has 0 bridgehead atoms. The molecule has 1 amide bonds. The first kappa shape index (κ1) is 13.2. The molecule has 0 atom stereocenters. The number of nitrogens with one attached hydrogen (secondary N) is 1. The Balaban J connectivity index is 2.54. The molecule has 0 spiro atoms. The minimum Gasteiger partial charge on any atom is -0.494 e. The molecular formula is C13H17NO3. The smallest absolute Gasteiger partial charge is 0.220 e. The van der Waals surface area contributed by atoms with Crippen LogP contribution in [0.4, 0.5) is 0 Å². The van der Waals surface area contributed by atoms with Crippen LogP contribution in [0.15, 0.2) is 24.3 Å². The Morgan fingerprint density at radius 3 is 2.35 bits per heavy atom. The van der Waals surface area contributed by atoms with Gasteiger partial charge in [0.05, 0.1) is 13.2 Å². The Morgan fingerprint density at radius 2 is 1.82 bits per heavy atom. The number of hydrogen-bond donors (Lipinski definition) is 1. The van der Waals surface area contributed by atoms with E-state index in [1.165, 1.54) is 0 Å². The van der Waals surface area contributed by atoms with Crippen molar-refractivity contribution in [3.63, 3.8) is 0 Å². The topological polar surface area (TPSA) is 55.4 Å². The molecule has 4 heteroatoms. The summed E-state index contributed by atoms with van der Waals surface area (Å²) in [6.07, 6.45) is 0.385. The summed E-state index contributed by atoms with van der Waals surface area (Å²) in [7, 11) is 0. The number of ether oxygens (including phenoxy) is 1. The second-order valence-electron chi connectivity index (χ2n) is 3.51. The van der Waals surface area contributed by atoms with Gasteiger partial charge in [0.1, 0.15) is 5.75 Å². The molecule has 0 aliphatic heterocycles. The van der Waals surface area contributed by atoms with Crippen molar-refractivity contribution in [3.05, 3.63) is 29.8 Å². The summed E-state index contributed by atoms with van der Waals surface area (Å²) >= 11 is 0. The summed E-state index contributed by atoms with van der Waals surface area (Å²) in [4.78, 5) is 22.7. The highest BCUT2D eigenvalue weighted by molar-refractivity contribution is 5.99. The first-order valence-electron chi connectivity index (χ1n) is 5.70. The number of carbonyl (C=O) groups excluding carboxylic acids is 2. The van der Waals surface area contributed by atoms with Crippen molar-refractivity contribution in [1.29, 1.82) is 0 Å². The van der Waals surface area contributed by atoms with Crippen LogP contribution in [-0.2, 0) is 4.79 Å². The van der Waals surface area contributed by atoms with Crippen LogP contribution in [0.25, 0.3) is 0 Å². The number of Topliss-reactive ketones (excluding diaryl/α,β-unsaturated/α-hetero) is 1. The van der Waals surface area contributed by atoms with Gasteiger partial charge >= 0.3 is 0 Å². The molecule has 0 radical (unpaired) electrons. The molecule has 0 aliphatic rings. The zero-order chi connectivity index (χ0) is 12.7. The van der Waals surface area contributed by atoms with E-state index in [0.717, 1.165) is 5.75 Å². The van der Waals surface area contributed by atoms with Gasteiger partial charge < -0.3 is 10.1 Å². The molecule has 0 aliphatic carbocycles. The normalized spacial score (nSPS) is 9.76. The monoisotopic (exact) mass is 235 g/mol. The Kier molecular flexibility index (Phi) is 5.20. The second kappa shape index (κ2) is 6.68. The van der Waals surface area contributed by atoms with E-state index in [2.05, 4.69) is 5.32 Å². The molecule has 92 valence electrons. The first-order valence-corrected chi connectivity index (χ1v) is 5.70. The minimum absolute atomic E-state index is 0.0423. The molecule has 1 N–H and O–H groups in total. The number of rotatable bonds is 6. The van der Waals surface area contributed by atoms with Crippen LogP contribution in [0.5, 0.6) is 5.75 Å². The molecule has 1 aromatic rings. The SMILES string of the molecule is CCOc1ccc(C(=O)CNC(=O)CC)cc1. The number of benzene rings is 1. The van der Waals surface area contributed by atoms with E-state index in [0.29, 0.717) is 18.6 Å². The predicted octanol–water partition coefficient (Wildman–Crippen LogP) is 1.79.